The molecule has 0 unspecified atom stereocenters. The number of hydrogen-bond donors (Lipinski definition) is 0. The van der Waals surface area contributed by atoms with E-state index in [1.165, 1.54) is 20.0 Å². The molecule has 0 atom stereocenters. The molecule has 4 aromatic rings. The van der Waals surface area contributed by atoms with E-state index in [1.807, 2.05) is 18.2 Å². The Hall–Kier alpha value is -3.78. The number of anilines is 2. The lowest BCUT2D eigenvalue weighted by atomic mass is 10.0. The Morgan fingerprint density at radius 1 is 0.854 bits per heavy atom. The third kappa shape index (κ3) is 5.33. The van der Waals surface area contributed by atoms with Crippen molar-refractivity contribution in [1.82, 2.24) is 4.98 Å². The number of aromatic nitrogens is 1. The monoisotopic (exact) mass is 607 g/mol. The van der Waals surface area contributed by atoms with Crippen molar-refractivity contribution in [2.45, 2.75) is 18.9 Å². The van der Waals surface area contributed by atoms with Crippen LogP contribution < -0.4 is 14.5 Å². The van der Waals surface area contributed by atoms with E-state index in [0.29, 0.717) is 34.3 Å². The molecule has 0 bridgehead atoms. The predicted octanol–water partition coefficient (Wildman–Crippen LogP) is 7.92. The molecule has 2 heterocycles. The highest BCUT2D eigenvalue weighted by atomic mass is 35.5. The summed E-state index contributed by atoms with van der Waals surface area (Å²) in [6.07, 6.45) is 3.91. The average molecular weight is 609 g/mol. The van der Waals surface area contributed by atoms with E-state index < -0.39 is 5.97 Å². The van der Waals surface area contributed by atoms with E-state index >= 15 is 0 Å². The van der Waals surface area contributed by atoms with Gasteiger partial charge in [0.05, 0.1) is 39.1 Å². The number of methoxy groups -OCH3 is 1. The summed E-state index contributed by atoms with van der Waals surface area (Å²) in [5.41, 5.74) is 3.72. The van der Waals surface area contributed by atoms with Crippen LogP contribution in [0.4, 0.5) is 11.4 Å². The Kier molecular flexibility index (Phi) is 7.51. The second kappa shape index (κ2) is 11.2. The molecule has 0 saturated heterocycles. The lowest BCUT2D eigenvalue weighted by Crippen LogP contribution is -2.45. The van der Waals surface area contributed by atoms with Gasteiger partial charge >= 0.3 is 5.97 Å². The van der Waals surface area contributed by atoms with Gasteiger partial charge in [0.25, 0.3) is 5.91 Å². The number of halogens is 3. The maximum absolute atomic E-state index is 13.9. The highest BCUT2D eigenvalue weighted by Gasteiger charge is 2.36. The summed E-state index contributed by atoms with van der Waals surface area (Å²) in [5, 5.41) is 0.809. The fourth-order valence-electron chi connectivity index (χ4n) is 5.03. The summed E-state index contributed by atoms with van der Waals surface area (Å²) in [4.78, 5) is 34.3. The first-order chi connectivity index (χ1) is 19.9. The number of para-hydroxylation sites is 2. The van der Waals surface area contributed by atoms with E-state index in [2.05, 4.69) is 16.0 Å². The fraction of sp³-hybridized carbons (Fsp3) is 0.194. The maximum atomic E-state index is 13.9. The number of esters is 1. The molecule has 7 nitrogen and oxygen atoms in total. The number of benzene rings is 3. The van der Waals surface area contributed by atoms with Gasteiger partial charge in [0, 0.05) is 37.0 Å². The van der Waals surface area contributed by atoms with Crippen LogP contribution in [0.5, 0.6) is 11.6 Å². The number of rotatable bonds is 6. The number of fused-ring (bicyclic) bond motifs is 1. The summed E-state index contributed by atoms with van der Waals surface area (Å²) < 4.78 is 10.9. The van der Waals surface area contributed by atoms with Crippen LogP contribution >= 0.6 is 34.8 Å². The summed E-state index contributed by atoms with van der Waals surface area (Å²) in [6, 6.07) is 20.0. The first-order valence-electron chi connectivity index (χ1n) is 13.0. The minimum Gasteiger partial charge on any atom is -0.465 e. The van der Waals surface area contributed by atoms with Gasteiger partial charge in [-0.25, -0.2) is 9.78 Å². The Labute approximate surface area is 252 Å². The lowest BCUT2D eigenvalue weighted by molar-refractivity contribution is 0.0601. The number of nitrogens with zero attached hydrogens (tertiary/aromatic N) is 3. The standard InChI is InChI=1S/C31H24Cl3N3O4/c1-40-31(39)20-11-8-18(15-23(20)32)22-16-25(34)28(17-24(22)33)41-29-21(5-4-12-35-29)30(38)37-14-13-36(19-9-10-19)26-6-2-3-7-27(26)37/h2-8,11-12,15-17,19H,9-10,13-14H2,1H3. The molecule has 0 spiro atoms. The van der Waals surface area contributed by atoms with E-state index in [-0.39, 0.29) is 33.1 Å². The molecule has 10 heteroatoms. The molecule has 6 rings (SSSR count). The van der Waals surface area contributed by atoms with Crippen molar-refractivity contribution >= 4 is 58.1 Å². The molecule has 1 amide bonds. The highest BCUT2D eigenvalue weighted by Crippen LogP contribution is 2.42. The van der Waals surface area contributed by atoms with E-state index in [1.54, 1.807) is 53.6 Å². The lowest BCUT2D eigenvalue weighted by Gasteiger charge is -2.38. The van der Waals surface area contributed by atoms with Crippen LogP contribution in [0, 0.1) is 0 Å². The topological polar surface area (TPSA) is 72.0 Å². The minimum atomic E-state index is -0.538. The van der Waals surface area contributed by atoms with Gasteiger partial charge in [-0.15, -0.1) is 0 Å². The minimum absolute atomic E-state index is 0.121. The van der Waals surface area contributed by atoms with Crippen LogP contribution in [0.25, 0.3) is 11.1 Å². The smallest absolute Gasteiger partial charge is 0.339 e. The van der Waals surface area contributed by atoms with Gasteiger partial charge in [0.1, 0.15) is 11.3 Å². The van der Waals surface area contributed by atoms with Crippen LogP contribution in [0.3, 0.4) is 0 Å². The first kappa shape index (κ1) is 27.4. The van der Waals surface area contributed by atoms with Crippen molar-refractivity contribution in [3.63, 3.8) is 0 Å². The first-order valence-corrected chi connectivity index (χ1v) is 14.2. The largest absolute Gasteiger partial charge is 0.465 e. The van der Waals surface area contributed by atoms with Crippen LogP contribution in [0.1, 0.15) is 33.6 Å². The number of carbonyl (C=O) groups excluding carboxylic acids is 2. The van der Waals surface area contributed by atoms with E-state index in [4.69, 9.17) is 44.3 Å². The number of hydrogen-bond acceptors (Lipinski definition) is 6. The second-order valence-electron chi connectivity index (χ2n) is 9.78. The van der Waals surface area contributed by atoms with Gasteiger partial charge in [0.15, 0.2) is 0 Å². The molecule has 1 aliphatic carbocycles. The fourth-order valence-corrected chi connectivity index (χ4v) is 5.75. The Bertz CT molecular complexity index is 1670. The average Bonchev–Trinajstić information content (AvgIpc) is 3.83. The molecule has 1 aromatic heterocycles. The maximum Gasteiger partial charge on any atom is 0.339 e. The van der Waals surface area contributed by atoms with Crippen LogP contribution in [-0.4, -0.2) is 43.1 Å². The van der Waals surface area contributed by atoms with Crippen molar-refractivity contribution in [3.05, 3.63) is 99.1 Å². The molecule has 1 aliphatic heterocycles. The molecule has 41 heavy (non-hydrogen) atoms. The highest BCUT2D eigenvalue weighted by molar-refractivity contribution is 6.37. The van der Waals surface area contributed by atoms with Gasteiger partial charge in [-0.3, -0.25) is 4.79 Å². The van der Waals surface area contributed by atoms with E-state index in [0.717, 1.165) is 17.9 Å². The zero-order chi connectivity index (χ0) is 28.7. The normalized spacial score (nSPS) is 14.4. The molecule has 1 fully saturated rings. The predicted molar refractivity (Wildman–Crippen MR) is 161 cm³/mol. The second-order valence-corrected chi connectivity index (χ2v) is 11.0. The number of amides is 1. The Morgan fingerprint density at radius 3 is 2.37 bits per heavy atom. The summed E-state index contributed by atoms with van der Waals surface area (Å²) in [7, 11) is 1.29. The molecule has 1 saturated carbocycles. The summed E-state index contributed by atoms with van der Waals surface area (Å²) in [6.45, 7) is 1.32. The summed E-state index contributed by atoms with van der Waals surface area (Å²) in [5.74, 6) is -0.390. The molecule has 208 valence electrons. The van der Waals surface area contributed by atoms with E-state index in [9.17, 15) is 9.59 Å². The van der Waals surface area contributed by atoms with Gasteiger partial charge in [-0.05, 0) is 60.9 Å². The molecule has 0 radical (unpaired) electrons. The van der Waals surface area contributed by atoms with Gasteiger partial charge in [-0.1, -0.05) is 53.0 Å². The zero-order valence-electron chi connectivity index (χ0n) is 21.9. The quantitative estimate of drug-likeness (QED) is 0.207. The van der Waals surface area contributed by atoms with Gasteiger partial charge < -0.3 is 19.3 Å². The van der Waals surface area contributed by atoms with Gasteiger partial charge in [0.2, 0.25) is 5.88 Å². The number of pyridine rings is 1. The summed E-state index contributed by atoms with van der Waals surface area (Å²) >= 11 is 19.6. The zero-order valence-corrected chi connectivity index (χ0v) is 24.2. The third-order valence-electron chi connectivity index (χ3n) is 7.19. The van der Waals surface area contributed by atoms with Crippen molar-refractivity contribution in [2.24, 2.45) is 0 Å². The van der Waals surface area contributed by atoms with Crippen molar-refractivity contribution in [3.8, 4) is 22.8 Å². The molecule has 3 aromatic carbocycles. The number of carbonyl (C=O) groups is 2. The van der Waals surface area contributed by atoms with Crippen LogP contribution in [0.2, 0.25) is 15.1 Å². The molecular formula is C31H24Cl3N3O4. The van der Waals surface area contributed by atoms with Gasteiger partial charge in [-0.2, -0.15) is 0 Å². The third-order valence-corrected chi connectivity index (χ3v) is 8.12. The molecular weight excluding hydrogens is 585 g/mol. The van der Waals surface area contributed by atoms with Crippen LogP contribution in [-0.2, 0) is 4.74 Å². The Balaban J connectivity index is 1.28. The molecule has 0 N–H and O–H groups in total. The van der Waals surface area contributed by atoms with Crippen LogP contribution in [0.15, 0.2) is 72.9 Å². The Morgan fingerprint density at radius 2 is 1.63 bits per heavy atom. The van der Waals surface area contributed by atoms with Crippen molar-refractivity contribution in [2.75, 3.05) is 30.0 Å². The molecule has 2 aliphatic rings. The number of ether oxygens (including phenoxy) is 2. The SMILES string of the molecule is COC(=O)c1ccc(-c2cc(Cl)c(Oc3ncccc3C(=O)N3CCN(C4CC4)c4ccccc43)cc2Cl)cc1Cl. The van der Waals surface area contributed by atoms with Crippen molar-refractivity contribution in [1.29, 1.82) is 0 Å². The van der Waals surface area contributed by atoms with Crippen molar-refractivity contribution < 1.29 is 19.1 Å².